The number of para-hydroxylation sites is 1. The maximum atomic E-state index is 12.3. The Bertz CT molecular complexity index is 671. The maximum Gasteiger partial charge on any atom is 0.311 e. The Morgan fingerprint density at radius 3 is 2.79 bits per heavy atom. The summed E-state index contributed by atoms with van der Waals surface area (Å²) in [5.41, 5.74) is 0.283. The van der Waals surface area contributed by atoms with E-state index in [-0.39, 0.29) is 18.0 Å². The van der Waals surface area contributed by atoms with E-state index in [0.29, 0.717) is 18.0 Å². The van der Waals surface area contributed by atoms with Gasteiger partial charge in [0.15, 0.2) is 0 Å². The van der Waals surface area contributed by atoms with E-state index in [2.05, 4.69) is 0 Å². The summed E-state index contributed by atoms with van der Waals surface area (Å²) >= 11 is 0. The van der Waals surface area contributed by atoms with Crippen molar-refractivity contribution in [1.82, 2.24) is 4.90 Å². The van der Waals surface area contributed by atoms with Crippen LogP contribution >= 0.6 is 0 Å². The Morgan fingerprint density at radius 2 is 2.12 bits per heavy atom. The number of ether oxygens (including phenoxy) is 1. The minimum Gasteiger partial charge on any atom is -0.457 e. The highest BCUT2D eigenvalue weighted by molar-refractivity contribution is 5.87. The van der Waals surface area contributed by atoms with Crippen LogP contribution < -0.4 is 0 Å². The van der Waals surface area contributed by atoms with Crippen molar-refractivity contribution in [2.24, 2.45) is 11.8 Å². The number of nitro groups is 1. The normalized spacial score (nSPS) is 21.6. The zero-order chi connectivity index (χ0) is 17.3. The Morgan fingerprint density at radius 1 is 1.42 bits per heavy atom. The minimum absolute atomic E-state index is 0.0119. The molecule has 1 saturated heterocycles. The second-order valence-electron chi connectivity index (χ2n) is 6.54. The SMILES string of the molecule is C[C@H](OC(=O)[C@H]1CC(=O)N(CC2CC2)C1)c1ccccc1[N+](=O)[O-]. The first-order valence-corrected chi connectivity index (χ1v) is 8.17. The third-order valence-electron chi connectivity index (χ3n) is 4.59. The molecular formula is C17H20N2O5. The summed E-state index contributed by atoms with van der Waals surface area (Å²) in [5, 5.41) is 11.1. The largest absolute Gasteiger partial charge is 0.457 e. The molecule has 2 atom stereocenters. The van der Waals surface area contributed by atoms with Crippen LogP contribution in [-0.4, -0.2) is 34.8 Å². The molecule has 2 fully saturated rings. The standard InChI is InChI=1S/C17H20N2O5/c1-11(14-4-2-3-5-15(14)19(22)23)24-17(21)13-8-16(20)18(10-13)9-12-6-7-12/h2-5,11-13H,6-10H2,1H3/t11-,13-/m0/s1. The Hall–Kier alpha value is -2.44. The van der Waals surface area contributed by atoms with Crippen molar-refractivity contribution in [1.29, 1.82) is 0 Å². The topological polar surface area (TPSA) is 89.8 Å². The molecule has 0 radical (unpaired) electrons. The number of carbonyl (C=O) groups excluding carboxylic acids is 2. The number of benzene rings is 1. The summed E-state index contributed by atoms with van der Waals surface area (Å²) in [6.07, 6.45) is 1.72. The van der Waals surface area contributed by atoms with Gasteiger partial charge in [0.2, 0.25) is 5.91 Å². The van der Waals surface area contributed by atoms with Crippen LogP contribution in [0.1, 0.15) is 37.9 Å². The first-order chi connectivity index (χ1) is 11.5. The number of hydrogen-bond donors (Lipinski definition) is 0. The summed E-state index contributed by atoms with van der Waals surface area (Å²) in [4.78, 5) is 36.6. The number of carbonyl (C=O) groups is 2. The molecule has 128 valence electrons. The van der Waals surface area contributed by atoms with Gasteiger partial charge in [-0.3, -0.25) is 19.7 Å². The second kappa shape index (κ2) is 6.59. The molecule has 1 aromatic carbocycles. The van der Waals surface area contributed by atoms with Crippen molar-refractivity contribution < 1.29 is 19.2 Å². The van der Waals surface area contributed by atoms with E-state index in [1.54, 1.807) is 30.0 Å². The summed E-state index contributed by atoms with van der Waals surface area (Å²) in [7, 11) is 0. The first-order valence-electron chi connectivity index (χ1n) is 8.17. The third-order valence-corrected chi connectivity index (χ3v) is 4.59. The lowest BCUT2D eigenvalue weighted by Gasteiger charge is -2.18. The van der Waals surface area contributed by atoms with Crippen LogP contribution in [-0.2, 0) is 14.3 Å². The van der Waals surface area contributed by atoms with Gasteiger partial charge in [0, 0.05) is 25.6 Å². The number of esters is 1. The summed E-state index contributed by atoms with van der Waals surface area (Å²) in [6, 6.07) is 6.20. The van der Waals surface area contributed by atoms with E-state index in [1.165, 1.54) is 6.07 Å². The van der Waals surface area contributed by atoms with Crippen molar-refractivity contribution in [3.8, 4) is 0 Å². The summed E-state index contributed by atoms with van der Waals surface area (Å²) in [5.74, 6) is -0.384. The van der Waals surface area contributed by atoms with Gasteiger partial charge < -0.3 is 9.64 Å². The third kappa shape index (κ3) is 3.55. The fourth-order valence-corrected chi connectivity index (χ4v) is 3.05. The van der Waals surface area contributed by atoms with Gasteiger partial charge in [-0.15, -0.1) is 0 Å². The monoisotopic (exact) mass is 332 g/mol. The molecule has 1 aromatic rings. The summed E-state index contributed by atoms with van der Waals surface area (Å²) in [6.45, 7) is 2.72. The number of nitrogens with zero attached hydrogens (tertiary/aromatic N) is 2. The molecule has 3 rings (SSSR count). The molecule has 0 bridgehead atoms. The van der Waals surface area contributed by atoms with Crippen molar-refractivity contribution >= 4 is 17.6 Å². The Kier molecular flexibility index (Phi) is 4.51. The van der Waals surface area contributed by atoms with Crippen molar-refractivity contribution in [2.75, 3.05) is 13.1 Å². The van der Waals surface area contributed by atoms with E-state index in [1.807, 2.05) is 0 Å². The molecule has 1 heterocycles. The predicted octanol–water partition coefficient (Wildman–Crippen LogP) is 2.46. The number of amides is 1. The molecule has 1 amide bonds. The van der Waals surface area contributed by atoms with E-state index in [4.69, 9.17) is 4.74 Å². The lowest BCUT2D eigenvalue weighted by molar-refractivity contribution is -0.386. The van der Waals surface area contributed by atoms with E-state index < -0.39 is 22.9 Å². The highest BCUT2D eigenvalue weighted by Crippen LogP contribution is 2.33. The highest BCUT2D eigenvalue weighted by atomic mass is 16.6. The molecule has 2 aliphatic rings. The van der Waals surface area contributed by atoms with Crippen molar-refractivity contribution in [2.45, 2.75) is 32.3 Å². The van der Waals surface area contributed by atoms with Gasteiger partial charge in [0.05, 0.1) is 16.4 Å². The number of hydrogen-bond acceptors (Lipinski definition) is 5. The van der Waals surface area contributed by atoms with Crippen LogP contribution in [0.15, 0.2) is 24.3 Å². The number of nitro benzene ring substituents is 1. The second-order valence-corrected chi connectivity index (χ2v) is 6.54. The highest BCUT2D eigenvalue weighted by Gasteiger charge is 2.38. The lowest BCUT2D eigenvalue weighted by Crippen LogP contribution is -2.29. The van der Waals surface area contributed by atoms with E-state index >= 15 is 0 Å². The first kappa shape index (κ1) is 16.4. The Balaban J connectivity index is 1.62. The number of likely N-dealkylation sites (tertiary alicyclic amines) is 1. The Labute approximate surface area is 139 Å². The van der Waals surface area contributed by atoms with Gasteiger partial charge in [-0.2, -0.15) is 0 Å². The van der Waals surface area contributed by atoms with E-state index in [9.17, 15) is 19.7 Å². The van der Waals surface area contributed by atoms with Crippen LogP contribution in [0.2, 0.25) is 0 Å². The van der Waals surface area contributed by atoms with Crippen LogP contribution in [0.4, 0.5) is 5.69 Å². The average molecular weight is 332 g/mol. The van der Waals surface area contributed by atoms with Crippen molar-refractivity contribution in [3.63, 3.8) is 0 Å². The quantitative estimate of drug-likeness (QED) is 0.453. The van der Waals surface area contributed by atoms with E-state index in [0.717, 1.165) is 19.4 Å². The lowest BCUT2D eigenvalue weighted by atomic mass is 10.1. The van der Waals surface area contributed by atoms with Gasteiger partial charge >= 0.3 is 5.97 Å². The van der Waals surface area contributed by atoms with Crippen LogP contribution in [0, 0.1) is 22.0 Å². The molecule has 0 aromatic heterocycles. The van der Waals surface area contributed by atoms with Gasteiger partial charge in [-0.25, -0.2) is 0 Å². The molecule has 1 saturated carbocycles. The molecule has 0 unspecified atom stereocenters. The molecule has 0 N–H and O–H groups in total. The zero-order valence-corrected chi connectivity index (χ0v) is 13.5. The van der Waals surface area contributed by atoms with Gasteiger partial charge in [0.25, 0.3) is 5.69 Å². The van der Waals surface area contributed by atoms with Gasteiger partial charge in [-0.05, 0) is 31.7 Å². The number of rotatable bonds is 6. The minimum atomic E-state index is -0.730. The molecule has 24 heavy (non-hydrogen) atoms. The predicted molar refractivity (Wildman–Crippen MR) is 85.0 cm³/mol. The summed E-state index contributed by atoms with van der Waals surface area (Å²) < 4.78 is 5.41. The van der Waals surface area contributed by atoms with Crippen LogP contribution in [0.3, 0.4) is 0 Å². The van der Waals surface area contributed by atoms with Gasteiger partial charge in [-0.1, -0.05) is 12.1 Å². The zero-order valence-electron chi connectivity index (χ0n) is 13.5. The molecule has 7 nitrogen and oxygen atoms in total. The van der Waals surface area contributed by atoms with Crippen molar-refractivity contribution in [3.05, 3.63) is 39.9 Å². The van der Waals surface area contributed by atoms with Crippen LogP contribution in [0.25, 0.3) is 0 Å². The fourth-order valence-electron chi connectivity index (χ4n) is 3.05. The molecule has 1 aliphatic carbocycles. The average Bonchev–Trinajstić information content (AvgIpc) is 3.29. The molecule has 1 aliphatic heterocycles. The maximum absolute atomic E-state index is 12.3. The molecular weight excluding hydrogens is 312 g/mol. The van der Waals surface area contributed by atoms with Gasteiger partial charge in [0.1, 0.15) is 6.10 Å². The molecule has 0 spiro atoms. The molecule has 7 heteroatoms. The van der Waals surface area contributed by atoms with Crippen LogP contribution in [0.5, 0.6) is 0 Å². The smallest absolute Gasteiger partial charge is 0.311 e. The fraction of sp³-hybridized carbons (Fsp3) is 0.529.